The van der Waals surface area contributed by atoms with Gasteiger partial charge in [-0.1, -0.05) is 51.4 Å². The Morgan fingerprint density at radius 2 is 0.962 bits per heavy atom. The van der Waals surface area contributed by atoms with Crippen LogP contribution >= 0.6 is 0 Å². The van der Waals surface area contributed by atoms with Crippen LogP contribution in [-0.2, 0) is 0 Å². The number of ether oxygens (including phenoxy) is 2. The fourth-order valence-corrected chi connectivity index (χ4v) is 7.00. The summed E-state index contributed by atoms with van der Waals surface area (Å²) in [6.45, 7) is 14.3. The Morgan fingerprint density at radius 3 is 1.31 bits per heavy atom. The zero-order chi connectivity index (χ0) is 18.7. The topological polar surface area (TPSA) is 18.5 Å². The van der Waals surface area contributed by atoms with Crippen molar-refractivity contribution in [3.05, 3.63) is 59.4 Å². The summed E-state index contributed by atoms with van der Waals surface area (Å²) in [6, 6.07) is 8.84. The number of fused-ring (bicyclic) bond motifs is 5. The maximum atomic E-state index is 6.00. The fourth-order valence-electron chi connectivity index (χ4n) is 3.86. The Hall–Kier alpha value is -2.05. The van der Waals surface area contributed by atoms with Crippen LogP contribution in [0.1, 0.15) is 0 Å². The molecule has 2 heterocycles. The van der Waals surface area contributed by atoms with Gasteiger partial charge in [-0.3, -0.25) is 0 Å². The first-order valence-electron chi connectivity index (χ1n) is 9.20. The van der Waals surface area contributed by atoms with Crippen LogP contribution in [0.4, 0.5) is 0 Å². The Bertz CT molecular complexity index is 1000. The molecule has 0 unspecified atom stereocenters. The first-order chi connectivity index (χ1) is 12.2. The van der Waals surface area contributed by atoms with Gasteiger partial charge < -0.3 is 9.47 Å². The smallest absolute Gasteiger partial charge is 0.141 e. The van der Waals surface area contributed by atoms with Crippen LogP contribution in [-0.4, -0.2) is 16.1 Å². The van der Waals surface area contributed by atoms with E-state index >= 15 is 0 Å². The Morgan fingerprint density at radius 1 is 0.577 bits per heavy atom. The van der Waals surface area contributed by atoms with Gasteiger partial charge in [0.2, 0.25) is 0 Å². The van der Waals surface area contributed by atoms with E-state index in [0.29, 0.717) is 0 Å². The molecule has 2 nitrogen and oxygen atoms in total. The molecule has 26 heavy (non-hydrogen) atoms. The zero-order valence-electron chi connectivity index (χ0n) is 16.4. The largest absolute Gasteiger partial charge is 0.464 e. The highest BCUT2D eigenvalue weighted by Crippen LogP contribution is 2.33. The highest BCUT2D eigenvalue weighted by Gasteiger charge is 2.25. The molecule has 0 saturated heterocycles. The van der Waals surface area contributed by atoms with Gasteiger partial charge in [0, 0.05) is 21.2 Å². The normalized spacial score (nSPS) is 16.2. The minimum Gasteiger partial charge on any atom is -0.464 e. The van der Waals surface area contributed by atoms with E-state index in [2.05, 4.69) is 75.7 Å². The third-order valence-electron chi connectivity index (χ3n) is 5.14. The van der Waals surface area contributed by atoms with Gasteiger partial charge in [0.15, 0.2) is 0 Å². The number of allylic oxidation sites excluding steroid dienone is 2. The van der Waals surface area contributed by atoms with Gasteiger partial charge in [0.25, 0.3) is 0 Å². The van der Waals surface area contributed by atoms with E-state index in [1.807, 2.05) is 12.5 Å². The number of rotatable bonds is 2. The van der Waals surface area contributed by atoms with E-state index in [9.17, 15) is 0 Å². The Kier molecular flexibility index (Phi) is 3.83. The van der Waals surface area contributed by atoms with Gasteiger partial charge in [0.1, 0.15) is 11.5 Å². The molecule has 0 radical (unpaired) electrons. The monoisotopic (exact) mass is 378 g/mol. The molecule has 0 amide bonds. The highest BCUT2D eigenvalue weighted by molar-refractivity contribution is 6.93. The van der Waals surface area contributed by atoms with Crippen LogP contribution in [0.2, 0.25) is 39.3 Å². The van der Waals surface area contributed by atoms with Crippen molar-refractivity contribution in [1.29, 1.82) is 0 Å². The second-order valence-electron chi connectivity index (χ2n) is 9.15. The predicted octanol–water partition coefficient (Wildman–Crippen LogP) is 4.71. The van der Waals surface area contributed by atoms with Crippen LogP contribution in [0.5, 0.6) is 11.5 Å². The molecular weight excluding hydrogens is 352 g/mol. The SMILES string of the molecule is C[Si](C)(C)C1=c2ccc3c4c(ccc3c2OC=C1)=C([Si](C)(C)C)C=CO4. The minimum absolute atomic E-state index is 0.970. The summed E-state index contributed by atoms with van der Waals surface area (Å²) < 4.78 is 12.0. The number of benzene rings is 2. The lowest BCUT2D eigenvalue weighted by molar-refractivity contribution is 0.474. The minimum atomic E-state index is -1.45. The van der Waals surface area contributed by atoms with Crippen molar-refractivity contribution in [2.75, 3.05) is 0 Å². The summed E-state index contributed by atoms with van der Waals surface area (Å²) in [5.74, 6) is 1.94. The van der Waals surface area contributed by atoms with Crippen molar-refractivity contribution in [1.82, 2.24) is 0 Å². The molecule has 4 heteroatoms. The van der Waals surface area contributed by atoms with Crippen LogP contribution < -0.4 is 19.9 Å². The van der Waals surface area contributed by atoms with Crippen molar-refractivity contribution >= 4 is 37.3 Å². The first kappa shape index (κ1) is 17.4. The van der Waals surface area contributed by atoms with E-state index in [1.165, 1.54) is 20.8 Å². The summed E-state index contributed by atoms with van der Waals surface area (Å²) in [6.07, 6.45) is 7.98. The van der Waals surface area contributed by atoms with E-state index in [0.717, 1.165) is 22.3 Å². The summed E-state index contributed by atoms with van der Waals surface area (Å²) in [5.41, 5.74) is 0. The van der Waals surface area contributed by atoms with Gasteiger partial charge in [-0.05, 0) is 34.7 Å². The molecule has 134 valence electrons. The van der Waals surface area contributed by atoms with Gasteiger partial charge in [0.05, 0.1) is 28.7 Å². The molecule has 2 aromatic rings. The van der Waals surface area contributed by atoms with Crippen LogP contribution in [0, 0.1) is 0 Å². The first-order valence-corrected chi connectivity index (χ1v) is 16.2. The summed E-state index contributed by atoms with van der Waals surface area (Å²) in [7, 11) is -2.90. The molecule has 2 aromatic carbocycles. The average Bonchev–Trinajstić information content (AvgIpc) is 2.58. The zero-order valence-corrected chi connectivity index (χ0v) is 18.4. The second-order valence-corrected chi connectivity index (χ2v) is 19.2. The average molecular weight is 379 g/mol. The molecule has 0 spiro atoms. The van der Waals surface area contributed by atoms with Crippen molar-refractivity contribution in [2.45, 2.75) is 39.3 Å². The lowest BCUT2D eigenvalue weighted by atomic mass is 10.0. The third kappa shape index (κ3) is 2.68. The van der Waals surface area contributed by atoms with E-state index < -0.39 is 16.1 Å². The van der Waals surface area contributed by atoms with Crippen molar-refractivity contribution < 1.29 is 9.47 Å². The molecule has 0 fully saturated rings. The molecule has 0 aliphatic carbocycles. The molecule has 2 aliphatic heterocycles. The molecule has 4 rings (SSSR count). The highest BCUT2D eigenvalue weighted by atomic mass is 28.3. The lowest BCUT2D eigenvalue weighted by Crippen LogP contribution is -2.31. The van der Waals surface area contributed by atoms with E-state index in [1.54, 1.807) is 0 Å². The summed E-state index contributed by atoms with van der Waals surface area (Å²) in [4.78, 5) is 0. The summed E-state index contributed by atoms with van der Waals surface area (Å²) >= 11 is 0. The van der Waals surface area contributed by atoms with Crippen molar-refractivity contribution in [2.24, 2.45) is 0 Å². The van der Waals surface area contributed by atoms with Crippen LogP contribution in [0.25, 0.3) is 21.2 Å². The van der Waals surface area contributed by atoms with Crippen LogP contribution in [0.15, 0.2) is 48.9 Å². The Labute approximate surface area is 157 Å². The number of hydrogen-bond donors (Lipinski definition) is 0. The third-order valence-corrected chi connectivity index (χ3v) is 9.24. The van der Waals surface area contributed by atoms with Gasteiger partial charge in [-0.25, -0.2) is 0 Å². The molecule has 0 atom stereocenters. The lowest BCUT2D eigenvalue weighted by Gasteiger charge is -2.24. The standard InChI is InChI=1S/C22H26O2Si2/c1-25(2,3)19-11-13-23-21-15-8-10-18-20(26(4,5)6)12-14-24-22(18)16(15)7-9-17(19)21/h7-14H,1-6H3. The maximum Gasteiger partial charge on any atom is 0.141 e. The quantitative estimate of drug-likeness (QED) is 0.705. The summed E-state index contributed by atoms with van der Waals surface area (Å²) in [5, 5.41) is 7.61. The van der Waals surface area contributed by atoms with Gasteiger partial charge in [-0.15, -0.1) is 0 Å². The fraction of sp³-hybridized carbons (Fsp3) is 0.273. The molecular formula is C22H26O2Si2. The number of hydrogen-bond acceptors (Lipinski definition) is 2. The molecule has 0 saturated carbocycles. The molecule has 0 N–H and O–H groups in total. The predicted molar refractivity (Wildman–Crippen MR) is 116 cm³/mol. The van der Waals surface area contributed by atoms with Crippen molar-refractivity contribution in [3.63, 3.8) is 0 Å². The van der Waals surface area contributed by atoms with Gasteiger partial charge in [-0.2, -0.15) is 0 Å². The second kappa shape index (κ2) is 5.73. The van der Waals surface area contributed by atoms with Gasteiger partial charge >= 0.3 is 0 Å². The molecule has 0 aromatic heterocycles. The van der Waals surface area contributed by atoms with Crippen molar-refractivity contribution in [3.8, 4) is 11.5 Å². The molecule has 2 aliphatic rings. The van der Waals surface area contributed by atoms with Crippen LogP contribution in [0.3, 0.4) is 0 Å². The van der Waals surface area contributed by atoms with E-state index in [-0.39, 0.29) is 0 Å². The molecule has 0 bridgehead atoms. The van der Waals surface area contributed by atoms with E-state index in [4.69, 9.17) is 9.47 Å². The Balaban J connectivity index is 2.10. The maximum absolute atomic E-state index is 6.00.